The third-order valence-electron chi connectivity index (χ3n) is 2.68. The first-order chi connectivity index (χ1) is 9.44. The molecule has 6 nitrogen and oxygen atoms in total. The Bertz CT molecular complexity index is 488. The molecule has 1 atom stereocenters. The van der Waals surface area contributed by atoms with Crippen molar-refractivity contribution in [1.82, 2.24) is 0 Å². The van der Waals surface area contributed by atoms with Crippen LogP contribution in [0.3, 0.4) is 0 Å². The molecule has 7 heteroatoms. The van der Waals surface area contributed by atoms with E-state index in [-0.39, 0.29) is 6.04 Å². The topological polar surface area (TPSA) is 93.4 Å². The van der Waals surface area contributed by atoms with Gasteiger partial charge in [-0.05, 0) is 43.7 Å². The minimum Gasteiger partial charge on any atom is -0.383 e. The summed E-state index contributed by atoms with van der Waals surface area (Å²) in [5.74, 6) is 0. The fourth-order valence-electron chi connectivity index (χ4n) is 1.85. The predicted molar refractivity (Wildman–Crippen MR) is 82.5 cm³/mol. The molecule has 114 valence electrons. The maximum Gasteiger partial charge on any atom is 0.229 e. The molecule has 1 aromatic rings. The highest BCUT2D eigenvalue weighted by molar-refractivity contribution is 7.92. The summed E-state index contributed by atoms with van der Waals surface area (Å²) in [5, 5.41) is 3.35. The first kappa shape index (κ1) is 16.7. The molecule has 0 saturated heterocycles. The molecular formula is C13H23N3O3S. The lowest BCUT2D eigenvalue weighted by atomic mass is 10.1. The first-order valence-electron chi connectivity index (χ1n) is 6.48. The summed E-state index contributed by atoms with van der Waals surface area (Å²) in [5.41, 5.74) is 6.98. The van der Waals surface area contributed by atoms with Crippen molar-refractivity contribution in [3.8, 4) is 0 Å². The summed E-state index contributed by atoms with van der Waals surface area (Å²) in [6.07, 6.45) is 2.98. The zero-order chi connectivity index (χ0) is 15.0. The molecule has 0 radical (unpaired) electrons. The van der Waals surface area contributed by atoms with Crippen molar-refractivity contribution in [1.29, 1.82) is 0 Å². The van der Waals surface area contributed by atoms with Gasteiger partial charge in [-0.3, -0.25) is 4.72 Å². The van der Waals surface area contributed by atoms with Gasteiger partial charge < -0.3 is 15.8 Å². The van der Waals surface area contributed by atoms with Crippen molar-refractivity contribution in [2.45, 2.75) is 18.9 Å². The minimum absolute atomic E-state index is 0.192. The van der Waals surface area contributed by atoms with Gasteiger partial charge in [0.1, 0.15) is 0 Å². The summed E-state index contributed by atoms with van der Waals surface area (Å²) in [7, 11) is -1.58. The van der Waals surface area contributed by atoms with E-state index in [1.165, 1.54) is 0 Å². The highest BCUT2D eigenvalue weighted by Crippen LogP contribution is 2.16. The largest absolute Gasteiger partial charge is 0.383 e. The molecule has 0 aromatic heterocycles. The molecule has 0 heterocycles. The summed E-state index contributed by atoms with van der Waals surface area (Å²) in [6.45, 7) is 1.25. The number of rotatable bonds is 9. The Morgan fingerprint density at radius 1 is 1.25 bits per heavy atom. The van der Waals surface area contributed by atoms with Gasteiger partial charge in [0.2, 0.25) is 10.0 Å². The molecule has 0 aliphatic rings. The van der Waals surface area contributed by atoms with Gasteiger partial charge in [0.25, 0.3) is 0 Å². The van der Waals surface area contributed by atoms with E-state index in [1.54, 1.807) is 19.2 Å². The third-order valence-corrected chi connectivity index (χ3v) is 3.29. The van der Waals surface area contributed by atoms with Gasteiger partial charge in [-0.15, -0.1) is 0 Å². The fourth-order valence-corrected chi connectivity index (χ4v) is 2.41. The highest BCUT2D eigenvalue weighted by Gasteiger charge is 2.08. The standard InChI is InChI=1S/C13H23N3O3S/c1-19-10-13(4-3-9-14)15-11-5-7-12(8-6-11)16-20(2,17)18/h5-8,13,15-16H,3-4,9-10,14H2,1-2H3. The van der Waals surface area contributed by atoms with E-state index in [4.69, 9.17) is 10.5 Å². The number of nitrogens with two attached hydrogens (primary N) is 1. The van der Waals surface area contributed by atoms with Gasteiger partial charge in [-0.2, -0.15) is 0 Å². The lowest BCUT2D eigenvalue weighted by molar-refractivity contribution is 0.182. The van der Waals surface area contributed by atoms with E-state index < -0.39 is 10.0 Å². The molecule has 1 aromatic carbocycles. The first-order valence-corrected chi connectivity index (χ1v) is 8.37. The number of sulfonamides is 1. The molecule has 0 bridgehead atoms. The van der Waals surface area contributed by atoms with Crippen molar-refractivity contribution < 1.29 is 13.2 Å². The van der Waals surface area contributed by atoms with Crippen LogP contribution in [0.15, 0.2) is 24.3 Å². The van der Waals surface area contributed by atoms with Gasteiger partial charge in [0, 0.05) is 24.5 Å². The zero-order valence-electron chi connectivity index (χ0n) is 11.9. The van der Waals surface area contributed by atoms with E-state index in [1.807, 2.05) is 12.1 Å². The van der Waals surface area contributed by atoms with Crippen LogP contribution >= 0.6 is 0 Å². The SMILES string of the molecule is COCC(CCCN)Nc1ccc(NS(C)(=O)=O)cc1. The Morgan fingerprint density at radius 2 is 1.85 bits per heavy atom. The number of benzene rings is 1. The second-order valence-corrected chi connectivity index (χ2v) is 6.43. The van der Waals surface area contributed by atoms with Gasteiger partial charge in [-0.25, -0.2) is 8.42 Å². The highest BCUT2D eigenvalue weighted by atomic mass is 32.2. The second-order valence-electron chi connectivity index (χ2n) is 4.68. The Morgan fingerprint density at radius 3 is 2.35 bits per heavy atom. The Hall–Kier alpha value is -1.31. The second kappa shape index (κ2) is 8.08. The maximum atomic E-state index is 11.1. The number of hydrogen-bond donors (Lipinski definition) is 3. The molecule has 20 heavy (non-hydrogen) atoms. The van der Waals surface area contributed by atoms with Gasteiger partial charge in [0.05, 0.1) is 12.9 Å². The third kappa shape index (κ3) is 6.74. The smallest absolute Gasteiger partial charge is 0.229 e. The number of hydrogen-bond acceptors (Lipinski definition) is 5. The van der Waals surface area contributed by atoms with Crippen LogP contribution in [0.1, 0.15) is 12.8 Å². The lowest BCUT2D eigenvalue weighted by Crippen LogP contribution is -2.25. The quantitative estimate of drug-likeness (QED) is 0.638. The summed E-state index contributed by atoms with van der Waals surface area (Å²) in [4.78, 5) is 0. The van der Waals surface area contributed by atoms with Gasteiger partial charge >= 0.3 is 0 Å². The molecule has 0 aliphatic carbocycles. The Labute approximate surface area is 120 Å². The van der Waals surface area contributed by atoms with Crippen LogP contribution in [-0.4, -0.2) is 41.0 Å². The number of anilines is 2. The number of methoxy groups -OCH3 is 1. The molecule has 0 aliphatic heterocycles. The van der Waals surface area contributed by atoms with Crippen LogP contribution in [0.2, 0.25) is 0 Å². The average Bonchev–Trinajstić information content (AvgIpc) is 2.37. The summed E-state index contributed by atoms with van der Waals surface area (Å²) < 4.78 is 29.8. The van der Waals surface area contributed by atoms with Crippen molar-refractivity contribution in [2.24, 2.45) is 5.73 Å². The average molecular weight is 301 g/mol. The monoisotopic (exact) mass is 301 g/mol. The van der Waals surface area contributed by atoms with E-state index in [0.29, 0.717) is 18.8 Å². The van der Waals surface area contributed by atoms with Crippen molar-refractivity contribution in [2.75, 3.05) is 36.6 Å². The molecule has 0 saturated carbocycles. The predicted octanol–water partition coefficient (Wildman–Crippen LogP) is 1.22. The van der Waals surface area contributed by atoms with Gasteiger partial charge in [0.15, 0.2) is 0 Å². The molecule has 0 amide bonds. The Kier molecular flexibility index (Phi) is 6.77. The fraction of sp³-hybridized carbons (Fsp3) is 0.538. The molecule has 1 unspecified atom stereocenters. The maximum absolute atomic E-state index is 11.1. The van der Waals surface area contributed by atoms with E-state index >= 15 is 0 Å². The number of nitrogens with one attached hydrogen (secondary N) is 2. The van der Waals surface area contributed by atoms with Crippen molar-refractivity contribution in [3.05, 3.63) is 24.3 Å². The van der Waals surface area contributed by atoms with Crippen molar-refractivity contribution in [3.63, 3.8) is 0 Å². The lowest BCUT2D eigenvalue weighted by Gasteiger charge is -2.19. The summed E-state index contributed by atoms with van der Waals surface area (Å²) >= 11 is 0. The minimum atomic E-state index is -3.24. The molecule has 0 spiro atoms. The molecule has 4 N–H and O–H groups in total. The number of ether oxygens (including phenoxy) is 1. The Balaban J connectivity index is 2.62. The van der Waals surface area contributed by atoms with Crippen molar-refractivity contribution >= 4 is 21.4 Å². The van der Waals surface area contributed by atoms with Crippen LogP contribution in [-0.2, 0) is 14.8 Å². The van der Waals surface area contributed by atoms with Gasteiger partial charge in [-0.1, -0.05) is 0 Å². The van der Waals surface area contributed by atoms with E-state index in [0.717, 1.165) is 24.8 Å². The van der Waals surface area contributed by atoms with Crippen LogP contribution in [0.25, 0.3) is 0 Å². The summed E-state index contributed by atoms with van der Waals surface area (Å²) in [6, 6.07) is 7.29. The van der Waals surface area contributed by atoms with Crippen LogP contribution in [0.5, 0.6) is 0 Å². The molecule has 1 rings (SSSR count). The van der Waals surface area contributed by atoms with E-state index in [9.17, 15) is 8.42 Å². The molecular weight excluding hydrogens is 278 g/mol. The van der Waals surface area contributed by atoms with Crippen LogP contribution in [0, 0.1) is 0 Å². The molecule has 0 fully saturated rings. The van der Waals surface area contributed by atoms with E-state index in [2.05, 4.69) is 10.0 Å². The zero-order valence-corrected chi connectivity index (χ0v) is 12.7. The van der Waals surface area contributed by atoms with Crippen LogP contribution < -0.4 is 15.8 Å². The normalized spacial score (nSPS) is 12.9. The van der Waals surface area contributed by atoms with Crippen LogP contribution in [0.4, 0.5) is 11.4 Å².